The van der Waals surface area contributed by atoms with Gasteiger partial charge in [-0.15, -0.1) is 0 Å². The summed E-state index contributed by atoms with van der Waals surface area (Å²) in [6.07, 6.45) is 2.63. The molecule has 2 unspecified atom stereocenters. The highest BCUT2D eigenvalue weighted by molar-refractivity contribution is 5.97. The summed E-state index contributed by atoms with van der Waals surface area (Å²) >= 11 is 0. The van der Waals surface area contributed by atoms with Gasteiger partial charge in [-0.2, -0.15) is 0 Å². The molecule has 1 amide bonds. The summed E-state index contributed by atoms with van der Waals surface area (Å²) in [5.41, 5.74) is 0.777. The second-order valence-corrected chi connectivity index (χ2v) is 3.78. The average Bonchev–Trinajstić information content (AvgIpc) is 2.29. The van der Waals surface area contributed by atoms with Crippen LogP contribution >= 0.6 is 0 Å². The third kappa shape index (κ3) is 2.03. The van der Waals surface area contributed by atoms with E-state index in [0.29, 0.717) is 12.8 Å². The third-order valence-corrected chi connectivity index (χ3v) is 2.72. The SMILES string of the molecule is O=C(O)C1CCC(c2ccccn2)NC1=O. The Kier molecular flexibility index (Phi) is 2.85. The fourth-order valence-corrected chi connectivity index (χ4v) is 1.85. The Hall–Kier alpha value is -1.91. The molecule has 2 N–H and O–H groups in total. The van der Waals surface area contributed by atoms with E-state index in [1.165, 1.54) is 0 Å². The summed E-state index contributed by atoms with van der Waals surface area (Å²) < 4.78 is 0. The van der Waals surface area contributed by atoms with Gasteiger partial charge in [0, 0.05) is 6.20 Å². The number of carboxylic acid groups (broad SMARTS) is 1. The Labute approximate surface area is 92.5 Å². The molecule has 1 aliphatic rings. The molecule has 5 heteroatoms. The molecule has 0 radical (unpaired) electrons. The fraction of sp³-hybridized carbons (Fsp3) is 0.364. The summed E-state index contributed by atoms with van der Waals surface area (Å²) in [5, 5.41) is 11.5. The zero-order valence-corrected chi connectivity index (χ0v) is 8.59. The van der Waals surface area contributed by atoms with E-state index in [-0.39, 0.29) is 6.04 Å². The van der Waals surface area contributed by atoms with Gasteiger partial charge in [-0.1, -0.05) is 6.07 Å². The van der Waals surface area contributed by atoms with Gasteiger partial charge in [0.05, 0.1) is 11.7 Å². The first-order valence-corrected chi connectivity index (χ1v) is 5.12. The molecule has 0 bridgehead atoms. The van der Waals surface area contributed by atoms with E-state index in [1.807, 2.05) is 12.1 Å². The van der Waals surface area contributed by atoms with E-state index in [1.54, 1.807) is 12.3 Å². The van der Waals surface area contributed by atoms with Crippen LogP contribution in [0.15, 0.2) is 24.4 Å². The molecule has 1 saturated heterocycles. The van der Waals surface area contributed by atoms with Gasteiger partial charge in [0.1, 0.15) is 5.92 Å². The van der Waals surface area contributed by atoms with Crippen molar-refractivity contribution in [2.24, 2.45) is 5.92 Å². The highest BCUT2D eigenvalue weighted by Gasteiger charge is 2.33. The Morgan fingerprint density at radius 3 is 2.81 bits per heavy atom. The first-order valence-electron chi connectivity index (χ1n) is 5.12. The van der Waals surface area contributed by atoms with Gasteiger partial charge in [0.15, 0.2) is 0 Å². The van der Waals surface area contributed by atoms with E-state index >= 15 is 0 Å². The molecule has 2 rings (SSSR count). The predicted molar refractivity (Wildman–Crippen MR) is 55.5 cm³/mol. The van der Waals surface area contributed by atoms with Crippen molar-refractivity contribution in [2.75, 3.05) is 0 Å². The van der Waals surface area contributed by atoms with Gasteiger partial charge in [0.25, 0.3) is 0 Å². The Balaban J connectivity index is 2.08. The van der Waals surface area contributed by atoms with Crippen LogP contribution in [0.5, 0.6) is 0 Å². The summed E-state index contributed by atoms with van der Waals surface area (Å²) in [6.45, 7) is 0. The number of nitrogens with zero attached hydrogens (tertiary/aromatic N) is 1. The van der Waals surface area contributed by atoms with Crippen LogP contribution in [0.3, 0.4) is 0 Å². The first-order chi connectivity index (χ1) is 7.68. The van der Waals surface area contributed by atoms with Crippen molar-refractivity contribution >= 4 is 11.9 Å². The lowest BCUT2D eigenvalue weighted by Crippen LogP contribution is -2.42. The van der Waals surface area contributed by atoms with Crippen molar-refractivity contribution in [1.82, 2.24) is 10.3 Å². The summed E-state index contributed by atoms with van der Waals surface area (Å²) in [6, 6.07) is 5.31. The standard InChI is InChI=1S/C11H12N2O3/c14-10-7(11(15)16)4-5-9(13-10)8-3-1-2-6-12-8/h1-3,6-7,9H,4-5H2,(H,13,14)(H,15,16). The third-order valence-electron chi connectivity index (χ3n) is 2.72. The van der Waals surface area contributed by atoms with Gasteiger partial charge in [-0.05, 0) is 25.0 Å². The second-order valence-electron chi connectivity index (χ2n) is 3.78. The molecular formula is C11H12N2O3. The number of hydrogen-bond donors (Lipinski definition) is 2. The molecule has 0 aromatic carbocycles. The Morgan fingerprint density at radius 2 is 2.25 bits per heavy atom. The van der Waals surface area contributed by atoms with Crippen molar-refractivity contribution in [3.63, 3.8) is 0 Å². The second kappa shape index (κ2) is 4.30. The number of pyridine rings is 1. The summed E-state index contributed by atoms with van der Waals surface area (Å²) in [5.74, 6) is -2.40. The lowest BCUT2D eigenvalue weighted by atomic mass is 9.92. The van der Waals surface area contributed by atoms with Crippen LogP contribution in [0.4, 0.5) is 0 Å². The molecule has 84 valence electrons. The monoisotopic (exact) mass is 220 g/mol. The largest absolute Gasteiger partial charge is 0.481 e. The minimum atomic E-state index is -1.06. The van der Waals surface area contributed by atoms with Crippen molar-refractivity contribution in [2.45, 2.75) is 18.9 Å². The molecule has 1 fully saturated rings. The molecule has 0 spiro atoms. The molecule has 2 heterocycles. The van der Waals surface area contributed by atoms with Crippen LogP contribution in [0.1, 0.15) is 24.6 Å². The van der Waals surface area contributed by atoms with Crippen molar-refractivity contribution in [3.8, 4) is 0 Å². The lowest BCUT2D eigenvalue weighted by Gasteiger charge is -2.26. The van der Waals surface area contributed by atoms with E-state index in [0.717, 1.165) is 5.69 Å². The zero-order chi connectivity index (χ0) is 11.5. The minimum Gasteiger partial charge on any atom is -0.481 e. The number of nitrogens with one attached hydrogen (secondary N) is 1. The molecule has 2 atom stereocenters. The minimum absolute atomic E-state index is 0.163. The van der Waals surface area contributed by atoms with Gasteiger partial charge < -0.3 is 10.4 Å². The van der Waals surface area contributed by atoms with E-state index in [2.05, 4.69) is 10.3 Å². The molecule has 16 heavy (non-hydrogen) atoms. The van der Waals surface area contributed by atoms with E-state index in [4.69, 9.17) is 5.11 Å². The summed E-state index contributed by atoms with van der Waals surface area (Å²) in [7, 11) is 0. The van der Waals surface area contributed by atoms with Crippen LogP contribution in [-0.4, -0.2) is 22.0 Å². The maximum absolute atomic E-state index is 11.5. The maximum Gasteiger partial charge on any atom is 0.316 e. The van der Waals surface area contributed by atoms with Gasteiger partial charge in [-0.25, -0.2) is 0 Å². The molecule has 5 nitrogen and oxygen atoms in total. The van der Waals surface area contributed by atoms with Crippen molar-refractivity contribution < 1.29 is 14.7 Å². The molecule has 0 aliphatic carbocycles. The number of piperidine rings is 1. The number of rotatable bonds is 2. The topological polar surface area (TPSA) is 79.3 Å². The Bertz CT molecular complexity index is 405. The zero-order valence-electron chi connectivity index (χ0n) is 8.59. The van der Waals surface area contributed by atoms with Crippen LogP contribution in [0, 0.1) is 5.92 Å². The van der Waals surface area contributed by atoms with Crippen molar-refractivity contribution in [1.29, 1.82) is 0 Å². The number of carbonyl (C=O) groups is 2. The van der Waals surface area contributed by atoms with Crippen LogP contribution < -0.4 is 5.32 Å². The quantitative estimate of drug-likeness (QED) is 0.720. The van der Waals surface area contributed by atoms with E-state index in [9.17, 15) is 9.59 Å². The molecule has 1 aromatic rings. The number of carbonyl (C=O) groups excluding carboxylic acids is 1. The highest BCUT2D eigenvalue weighted by Crippen LogP contribution is 2.25. The van der Waals surface area contributed by atoms with E-state index < -0.39 is 17.8 Å². The number of hydrogen-bond acceptors (Lipinski definition) is 3. The molecule has 1 aliphatic heterocycles. The van der Waals surface area contributed by atoms with Gasteiger partial charge in [-0.3, -0.25) is 14.6 Å². The molecule has 0 saturated carbocycles. The predicted octanol–water partition coefficient (Wildman–Crippen LogP) is 0.734. The highest BCUT2D eigenvalue weighted by atomic mass is 16.4. The Morgan fingerprint density at radius 1 is 1.44 bits per heavy atom. The summed E-state index contributed by atoms with van der Waals surface area (Å²) in [4.78, 5) is 26.4. The lowest BCUT2D eigenvalue weighted by molar-refractivity contribution is -0.148. The average molecular weight is 220 g/mol. The van der Waals surface area contributed by atoms with Crippen LogP contribution in [0.2, 0.25) is 0 Å². The smallest absolute Gasteiger partial charge is 0.316 e. The maximum atomic E-state index is 11.5. The van der Waals surface area contributed by atoms with Gasteiger partial charge >= 0.3 is 5.97 Å². The normalized spacial score (nSPS) is 24.9. The van der Waals surface area contributed by atoms with Crippen LogP contribution in [-0.2, 0) is 9.59 Å². The van der Waals surface area contributed by atoms with Crippen molar-refractivity contribution in [3.05, 3.63) is 30.1 Å². The molecular weight excluding hydrogens is 208 g/mol. The number of carboxylic acids is 1. The fourth-order valence-electron chi connectivity index (χ4n) is 1.85. The number of amides is 1. The van der Waals surface area contributed by atoms with Gasteiger partial charge in [0.2, 0.25) is 5.91 Å². The molecule has 1 aromatic heterocycles. The van der Waals surface area contributed by atoms with Crippen LogP contribution in [0.25, 0.3) is 0 Å². The first kappa shape index (κ1) is 10.6. The number of aliphatic carboxylic acids is 1. The number of aromatic nitrogens is 1.